The Morgan fingerprint density at radius 3 is 2.16 bits per heavy atom. The number of carboxylic acids is 1. The molecular formula is C14H9F3O2. The molecule has 0 spiro atoms. The predicted molar refractivity (Wildman–Crippen MR) is 62.8 cm³/mol. The van der Waals surface area contributed by atoms with Crippen LogP contribution >= 0.6 is 0 Å². The van der Waals surface area contributed by atoms with Gasteiger partial charge in [-0.25, -0.2) is 9.18 Å². The summed E-state index contributed by atoms with van der Waals surface area (Å²) in [6.45, 7) is 0. The van der Waals surface area contributed by atoms with Crippen molar-refractivity contribution in [2.45, 2.75) is 5.92 Å². The molecule has 0 aliphatic carbocycles. The summed E-state index contributed by atoms with van der Waals surface area (Å²) in [5.41, 5.74) is -1.25. The molecule has 0 saturated carbocycles. The van der Waals surface area contributed by atoms with Crippen LogP contribution in [0.2, 0.25) is 0 Å². The van der Waals surface area contributed by atoms with Gasteiger partial charge in [-0.05, 0) is 24.3 Å². The number of benzene rings is 2. The highest BCUT2D eigenvalue weighted by Gasteiger charge is 2.34. The van der Waals surface area contributed by atoms with E-state index in [4.69, 9.17) is 5.11 Å². The Morgan fingerprint density at radius 1 is 1.00 bits per heavy atom. The van der Waals surface area contributed by atoms with Gasteiger partial charge in [-0.15, -0.1) is 0 Å². The molecule has 19 heavy (non-hydrogen) atoms. The number of carbonyl (C=O) groups is 1. The Labute approximate surface area is 107 Å². The standard InChI is InChI=1S/C14H9F3O2/c15-12-6-2-5-11(8-12)14(16,17)10-4-1-3-9(7-10)13(18)19/h1-8H,(H,18,19). The molecule has 0 radical (unpaired) electrons. The summed E-state index contributed by atoms with van der Waals surface area (Å²) in [6.07, 6.45) is 0. The van der Waals surface area contributed by atoms with E-state index in [9.17, 15) is 18.0 Å². The van der Waals surface area contributed by atoms with Crippen LogP contribution in [-0.2, 0) is 5.92 Å². The Morgan fingerprint density at radius 2 is 1.58 bits per heavy atom. The van der Waals surface area contributed by atoms with Gasteiger partial charge >= 0.3 is 5.97 Å². The van der Waals surface area contributed by atoms with Gasteiger partial charge < -0.3 is 5.11 Å². The molecule has 98 valence electrons. The molecule has 0 bridgehead atoms. The van der Waals surface area contributed by atoms with E-state index in [1.54, 1.807) is 0 Å². The van der Waals surface area contributed by atoms with E-state index >= 15 is 0 Å². The van der Waals surface area contributed by atoms with Gasteiger partial charge in [-0.2, -0.15) is 8.78 Å². The van der Waals surface area contributed by atoms with Crippen molar-refractivity contribution < 1.29 is 23.1 Å². The molecule has 2 rings (SSSR count). The van der Waals surface area contributed by atoms with Crippen molar-refractivity contribution in [3.05, 3.63) is 71.0 Å². The van der Waals surface area contributed by atoms with Gasteiger partial charge in [0.25, 0.3) is 5.92 Å². The Balaban J connectivity index is 2.50. The molecule has 0 aliphatic heterocycles. The summed E-state index contributed by atoms with van der Waals surface area (Å²) >= 11 is 0. The monoisotopic (exact) mass is 266 g/mol. The van der Waals surface area contributed by atoms with Crippen LogP contribution in [0, 0.1) is 5.82 Å². The molecule has 2 nitrogen and oxygen atoms in total. The van der Waals surface area contributed by atoms with Gasteiger partial charge in [0.05, 0.1) is 5.56 Å². The number of hydrogen-bond acceptors (Lipinski definition) is 1. The number of carboxylic acid groups (broad SMARTS) is 1. The van der Waals surface area contributed by atoms with Gasteiger partial charge in [0.15, 0.2) is 0 Å². The summed E-state index contributed by atoms with van der Waals surface area (Å²) in [4.78, 5) is 10.8. The van der Waals surface area contributed by atoms with Crippen LogP contribution in [0.25, 0.3) is 0 Å². The molecule has 2 aromatic carbocycles. The molecule has 0 heterocycles. The molecule has 0 fully saturated rings. The third-order valence-electron chi connectivity index (χ3n) is 2.66. The van der Waals surface area contributed by atoms with E-state index in [1.165, 1.54) is 18.2 Å². The molecule has 0 atom stereocenters. The van der Waals surface area contributed by atoms with E-state index in [2.05, 4.69) is 0 Å². The molecular weight excluding hydrogens is 257 g/mol. The lowest BCUT2D eigenvalue weighted by molar-refractivity contribution is 0.0423. The predicted octanol–water partition coefficient (Wildman–Crippen LogP) is 3.66. The smallest absolute Gasteiger partial charge is 0.335 e. The minimum Gasteiger partial charge on any atom is -0.478 e. The lowest BCUT2D eigenvalue weighted by Gasteiger charge is -2.17. The van der Waals surface area contributed by atoms with Crippen LogP contribution in [0.4, 0.5) is 13.2 Å². The number of aromatic carboxylic acids is 1. The van der Waals surface area contributed by atoms with Crippen LogP contribution < -0.4 is 0 Å². The van der Waals surface area contributed by atoms with Crippen molar-refractivity contribution in [1.82, 2.24) is 0 Å². The molecule has 5 heteroatoms. The van der Waals surface area contributed by atoms with E-state index in [0.717, 1.165) is 30.3 Å². The number of halogens is 3. The fourth-order valence-corrected chi connectivity index (χ4v) is 1.70. The maximum absolute atomic E-state index is 14.2. The van der Waals surface area contributed by atoms with Crippen molar-refractivity contribution in [2.24, 2.45) is 0 Å². The van der Waals surface area contributed by atoms with Crippen LogP contribution in [0.1, 0.15) is 21.5 Å². The first-order chi connectivity index (χ1) is 8.91. The largest absolute Gasteiger partial charge is 0.478 e. The zero-order valence-electron chi connectivity index (χ0n) is 9.61. The van der Waals surface area contributed by atoms with Gasteiger partial charge in [0.1, 0.15) is 5.82 Å². The molecule has 0 unspecified atom stereocenters. The first-order valence-corrected chi connectivity index (χ1v) is 5.39. The van der Waals surface area contributed by atoms with Gasteiger partial charge in [0, 0.05) is 11.1 Å². The van der Waals surface area contributed by atoms with E-state index in [1.807, 2.05) is 0 Å². The first-order valence-electron chi connectivity index (χ1n) is 5.39. The van der Waals surface area contributed by atoms with Crippen LogP contribution in [0.5, 0.6) is 0 Å². The maximum atomic E-state index is 14.2. The van der Waals surface area contributed by atoms with Crippen LogP contribution in [0.3, 0.4) is 0 Å². The van der Waals surface area contributed by atoms with Gasteiger partial charge in [0.2, 0.25) is 0 Å². The third kappa shape index (κ3) is 2.59. The first kappa shape index (κ1) is 13.1. The van der Waals surface area contributed by atoms with Crippen molar-refractivity contribution in [3.8, 4) is 0 Å². The fourth-order valence-electron chi connectivity index (χ4n) is 1.70. The summed E-state index contributed by atoms with van der Waals surface area (Å²) in [6, 6.07) is 8.50. The van der Waals surface area contributed by atoms with E-state index in [0.29, 0.717) is 0 Å². The van der Waals surface area contributed by atoms with Gasteiger partial charge in [-0.1, -0.05) is 24.3 Å². The zero-order chi connectivity index (χ0) is 14.0. The quantitative estimate of drug-likeness (QED) is 0.920. The molecule has 0 aromatic heterocycles. The molecule has 0 aliphatic rings. The summed E-state index contributed by atoms with van der Waals surface area (Å²) in [7, 11) is 0. The topological polar surface area (TPSA) is 37.3 Å². The van der Waals surface area contributed by atoms with Crippen molar-refractivity contribution in [1.29, 1.82) is 0 Å². The second-order valence-corrected chi connectivity index (χ2v) is 3.97. The Hall–Kier alpha value is -2.30. The summed E-state index contributed by atoms with van der Waals surface area (Å²) < 4.78 is 41.3. The SMILES string of the molecule is O=C(O)c1cccc(C(F)(F)c2cccc(F)c2)c1. The lowest BCUT2D eigenvalue weighted by Crippen LogP contribution is -2.16. The summed E-state index contributed by atoms with van der Waals surface area (Å²) in [5.74, 6) is -5.52. The normalized spacial score (nSPS) is 11.3. The average Bonchev–Trinajstić information content (AvgIpc) is 2.39. The minimum absolute atomic E-state index is 0.242. The lowest BCUT2D eigenvalue weighted by atomic mass is 9.98. The summed E-state index contributed by atoms with van der Waals surface area (Å²) in [5, 5.41) is 8.78. The maximum Gasteiger partial charge on any atom is 0.335 e. The molecule has 0 saturated heterocycles. The number of rotatable bonds is 3. The molecule has 0 amide bonds. The highest BCUT2D eigenvalue weighted by Crippen LogP contribution is 2.36. The Kier molecular flexibility index (Phi) is 3.29. The highest BCUT2D eigenvalue weighted by atomic mass is 19.3. The second-order valence-electron chi connectivity index (χ2n) is 3.97. The fraction of sp³-hybridized carbons (Fsp3) is 0.0714. The number of alkyl halides is 2. The van der Waals surface area contributed by atoms with Crippen LogP contribution in [0.15, 0.2) is 48.5 Å². The van der Waals surface area contributed by atoms with Crippen molar-refractivity contribution in [2.75, 3.05) is 0 Å². The third-order valence-corrected chi connectivity index (χ3v) is 2.66. The second kappa shape index (κ2) is 4.76. The van der Waals surface area contributed by atoms with Gasteiger partial charge in [-0.3, -0.25) is 0 Å². The highest BCUT2D eigenvalue weighted by molar-refractivity contribution is 5.87. The Bertz CT molecular complexity index is 624. The van der Waals surface area contributed by atoms with Crippen molar-refractivity contribution >= 4 is 5.97 Å². The zero-order valence-corrected chi connectivity index (χ0v) is 9.61. The van der Waals surface area contributed by atoms with E-state index in [-0.39, 0.29) is 5.56 Å². The minimum atomic E-state index is -3.45. The molecule has 2 aromatic rings. The van der Waals surface area contributed by atoms with E-state index < -0.39 is 28.8 Å². The average molecular weight is 266 g/mol. The van der Waals surface area contributed by atoms with Crippen molar-refractivity contribution in [3.63, 3.8) is 0 Å². The van der Waals surface area contributed by atoms with Crippen LogP contribution in [-0.4, -0.2) is 11.1 Å². The number of hydrogen-bond donors (Lipinski definition) is 1. The molecule has 1 N–H and O–H groups in total.